The zero-order chi connectivity index (χ0) is 17.6. The average molecular weight is 208 g/mol. The third kappa shape index (κ3) is 2.16. The molecule has 1 saturated heterocycles. The van der Waals surface area contributed by atoms with Crippen molar-refractivity contribution in [2.45, 2.75) is 26.1 Å². The van der Waals surface area contributed by atoms with E-state index in [1.165, 1.54) is 0 Å². The van der Waals surface area contributed by atoms with E-state index >= 15 is 0 Å². The quantitative estimate of drug-likeness (QED) is 0.710. The molecule has 0 unspecified atom stereocenters. The minimum absolute atomic E-state index is 0.178. The van der Waals surface area contributed by atoms with Crippen molar-refractivity contribution in [1.82, 2.24) is 10.2 Å². The summed E-state index contributed by atoms with van der Waals surface area (Å²) in [6.45, 7) is -7.45. The Hall–Kier alpha value is -1.26. The Morgan fingerprint density at radius 1 is 1.79 bits per heavy atom. The van der Waals surface area contributed by atoms with E-state index in [2.05, 4.69) is 5.32 Å². The standard InChI is InChI=1S/C9H16N2O3/c1-6(2)7(8(12)13)11-5-3-4-10-9(11)14/h6-7H,3-5H2,1-2H3,(H,10,14)(H,12,13)/t7-/m0/s1/i1D3,2D3,6D,7D. The smallest absolute Gasteiger partial charge is 0.326 e. The van der Waals surface area contributed by atoms with Crippen molar-refractivity contribution in [1.29, 1.82) is 0 Å². The molecule has 1 rings (SSSR count). The van der Waals surface area contributed by atoms with Crippen LogP contribution in [0.1, 0.15) is 31.1 Å². The molecule has 0 aromatic carbocycles. The summed E-state index contributed by atoms with van der Waals surface area (Å²) in [4.78, 5) is 23.7. The number of carbonyl (C=O) groups is 2. The van der Waals surface area contributed by atoms with Crippen molar-refractivity contribution in [3.8, 4) is 0 Å². The Morgan fingerprint density at radius 3 is 3.00 bits per heavy atom. The molecular formula is C9H16N2O3. The number of amides is 2. The molecule has 1 atom stereocenters. The lowest BCUT2D eigenvalue weighted by Gasteiger charge is -2.34. The first kappa shape index (κ1) is 4.08. The van der Waals surface area contributed by atoms with Gasteiger partial charge in [-0.15, -0.1) is 0 Å². The molecule has 1 heterocycles. The number of carboxylic acids is 1. The summed E-state index contributed by atoms with van der Waals surface area (Å²) in [6, 6.07) is -4.60. The van der Waals surface area contributed by atoms with E-state index in [4.69, 9.17) is 11.0 Å². The van der Waals surface area contributed by atoms with E-state index in [-0.39, 0.29) is 24.4 Å². The summed E-state index contributed by atoms with van der Waals surface area (Å²) in [5, 5.41) is 11.6. The van der Waals surface area contributed by atoms with Crippen LogP contribution in [0, 0.1) is 5.89 Å². The molecule has 1 fully saturated rings. The molecule has 0 radical (unpaired) electrons. The fourth-order valence-corrected chi connectivity index (χ4v) is 1.20. The SMILES string of the molecule is [2H]C([2H])([2H])C([2H])(C([2H])([2H])[2H])[C@@]([2H])(C(=O)O)N1CCCNC1=O. The molecule has 0 saturated carbocycles. The molecule has 5 nitrogen and oxygen atoms in total. The van der Waals surface area contributed by atoms with Crippen LogP contribution in [0.15, 0.2) is 0 Å². The number of hydrogen-bond donors (Lipinski definition) is 2. The van der Waals surface area contributed by atoms with Gasteiger partial charge in [-0.2, -0.15) is 0 Å². The van der Waals surface area contributed by atoms with Gasteiger partial charge < -0.3 is 15.3 Å². The largest absolute Gasteiger partial charge is 0.480 e. The van der Waals surface area contributed by atoms with Gasteiger partial charge in [0.2, 0.25) is 0 Å². The fraction of sp³-hybridized carbons (Fsp3) is 0.778. The molecule has 2 amide bonds. The molecule has 0 aromatic heterocycles. The second-order valence-electron chi connectivity index (χ2n) is 2.77. The minimum Gasteiger partial charge on any atom is -0.480 e. The van der Waals surface area contributed by atoms with E-state index < -0.39 is 37.6 Å². The first-order valence-corrected chi connectivity index (χ1v) is 4.00. The molecular weight excluding hydrogens is 184 g/mol. The predicted molar refractivity (Wildman–Crippen MR) is 51.0 cm³/mol. The van der Waals surface area contributed by atoms with Crippen molar-refractivity contribution in [2.24, 2.45) is 5.89 Å². The van der Waals surface area contributed by atoms with Gasteiger partial charge in [0.05, 0.1) is 1.37 Å². The van der Waals surface area contributed by atoms with Crippen LogP contribution in [0.4, 0.5) is 4.79 Å². The van der Waals surface area contributed by atoms with E-state index in [1.54, 1.807) is 0 Å². The first-order valence-electron chi connectivity index (χ1n) is 8.00. The lowest BCUT2D eigenvalue weighted by molar-refractivity contribution is -0.144. The number of urea groups is 1. The number of carboxylic acid groups (broad SMARTS) is 1. The zero-order valence-corrected chi connectivity index (χ0v) is 7.33. The predicted octanol–water partition coefficient (Wildman–Crippen LogP) is 0.511. The Labute approximate surface area is 94.3 Å². The molecule has 1 aliphatic rings. The van der Waals surface area contributed by atoms with Gasteiger partial charge in [-0.05, 0) is 12.3 Å². The number of nitrogens with zero attached hydrogens (tertiary/aromatic N) is 1. The number of nitrogens with one attached hydrogen (secondary N) is 1. The van der Waals surface area contributed by atoms with Crippen LogP contribution in [-0.4, -0.2) is 41.1 Å². The van der Waals surface area contributed by atoms with Crippen LogP contribution in [0.25, 0.3) is 0 Å². The fourth-order valence-electron chi connectivity index (χ4n) is 1.20. The molecule has 5 heteroatoms. The maximum atomic E-state index is 11.8. The van der Waals surface area contributed by atoms with Gasteiger partial charge in [-0.3, -0.25) is 0 Å². The van der Waals surface area contributed by atoms with Crippen LogP contribution in [0.5, 0.6) is 0 Å². The van der Waals surface area contributed by atoms with Crippen LogP contribution < -0.4 is 5.32 Å². The number of aliphatic carboxylic acids is 1. The molecule has 2 N–H and O–H groups in total. The van der Waals surface area contributed by atoms with Gasteiger partial charge in [0, 0.05) is 22.7 Å². The highest BCUT2D eigenvalue weighted by atomic mass is 16.4. The Morgan fingerprint density at radius 2 is 2.50 bits per heavy atom. The van der Waals surface area contributed by atoms with Crippen LogP contribution in [-0.2, 0) is 4.79 Å². The van der Waals surface area contributed by atoms with Gasteiger partial charge in [-0.1, -0.05) is 13.7 Å². The number of hydrogen-bond acceptors (Lipinski definition) is 2. The molecule has 80 valence electrons. The molecule has 0 bridgehead atoms. The third-order valence-corrected chi connectivity index (χ3v) is 1.79. The zero-order valence-electron chi connectivity index (χ0n) is 15.3. The highest BCUT2D eigenvalue weighted by Crippen LogP contribution is 2.13. The van der Waals surface area contributed by atoms with Crippen molar-refractivity contribution < 1.29 is 25.7 Å². The average Bonchev–Trinajstić information content (AvgIpc) is 2.34. The van der Waals surface area contributed by atoms with Crippen molar-refractivity contribution >= 4 is 12.0 Å². The van der Waals surface area contributed by atoms with Crippen molar-refractivity contribution in [3.63, 3.8) is 0 Å². The van der Waals surface area contributed by atoms with Crippen molar-refractivity contribution in [3.05, 3.63) is 0 Å². The Balaban J connectivity index is 3.62. The summed E-state index contributed by atoms with van der Waals surface area (Å²) in [7, 11) is 0. The highest BCUT2D eigenvalue weighted by molar-refractivity contribution is 5.83. The van der Waals surface area contributed by atoms with Crippen LogP contribution >= 0.6 is 0 Å². The highest BCUT2D eigenvalue weighted by Gasteiger charge is 2.33. The lowest BCUT2D eigenvalue weighted by atomic mass is 10.0. The summed E-state index contributed by atoms with van der Waals surface area (Å²) >= 11 is 0. The second-order valence-corrected chi connectivity index (χ2v) is 2.77. The Kier molecular flexibility index (Phi) is 1.25. The second kappa shape index (κ2) is 4.30. The lowest BCUT2D eigenvalue weighted by Crippen LogP contribution is -2.55. The van der Waals surface area contributed by atoms with Crippen LogP contribution in [0.2, 0.25) is 0 Å². The van der Waals surface area contributed by atoms with E-state index in [1.807, 2.05) is 0 Å². The van der Waals surface area contributed by atoms with Gasteiger partial charge in [0.1, 0.15) is 6.02 Å². The number of carbonyl (C=O) groups excluding carboxylic acids is 1. The van der Waals surface area contributed by atoms with Crippen LogP contribution in [0.3, 0.4) is 0 Å². The maximum Gasteiger partial charge on any atom is 0.326 e. The minimum atomic E-state index is -3.73. The number of rotatable bonds is 3. The Bertz CT molecular complexity index is 462. The summed E-state index contributed by atoms with van der Waals surface area (Å²) in [5.74, 6) is -5.92. The van der Waals surface area contributed by atoms with Gasteiger partial charge in [0.15, 0.2) is 0 Å². The van der Waals surface area contributed by atoms with E-state index in [0.717, 1.165) is 0 Å². The summed E-state index contributed by atoms with van der Waals surface area (Å²) in [5.41, 5.74) is 0. The molecule has 0 spiro atoms. The summed E-state index contributed by atoms with van der Waals surface area (Å²) < 4.78 is 59.9. The van der Waals surface area contributed by atoms with Gasteiger partial charge >= 0.3 is 12.0 Å². The molecule has 1 aliphatic heterocycles. The van der Waals surface area contributed by atoms with Gasteiger partial charge in [0.25, 0.3) is 0 Å². The van der Waals surface area contributed by atoms with E-state index in [9.17, 15) is 14.7 Å². The topological polar surface area (TPSA) is 69.6 Å². The molecule has 0 aliphatic carbocycles. The first-order chi connectivity index (χ1) is 9.71. The van der Waals surface area contributed by atoms with E-state index in [0.29, 0.717) is 0 Å². The normalized spacial score (nSPS) is 32.6. The molecule has 0 aromatic rings. The maximum absolute atomic E-state index is 11.8. The van der Waals surface area contributed by atoms with Crippen molar-refractivity contribution in [2.75, 3.05) is 13.1 Å². The third-order valence-electron chi connectivity index (χ3n) is 1.79. The van der Waals surface area contributed by atoms with Gasteiger partial charge in [-0.25, -0.2) is 9.59 Å². The summed E-state index contributed by atoms with van der Waals surface area (Å²) in [6.07, 6.45) is 0.192. The monoisotopic (exact) mass is 208 g/mol. The molecule has 14 heavy (non-hydrogen) atoms.